The van der Waals surface area contributed by atoms with E-state index in [0.29, 0.717) is 31.1 Å². The molecule has 1 saturated heterocycles. The number of amides is 1. The Bertz CT molecular complexity index is 1490. The number of hydrogen-bond acceptors (Lipinski definition) is 6. The summed E-state index contributed by atoms with van der Waals surface area (Å²) in [5, 5.41) is 3.90. The Labute approximate surface area is 215 Å². The van der Waals surface area contributed by atoms with Gasteiger partial charge in [0.2, 0.25) is 15.9 Å². The van der Waals surface area contributed by atoms with Crippen LogP contribution in [0.3, 0.4) is 0 Å². The second-order valence-corrected chi connectivity index (χ2v) is 12.1. The van der Waals surface area contributed by atoms with Gasteiger partial charge in [-0.1, -0.05) is 23.8 Å². The van der Waals surface area contributed by atoms with Gasteiger partial charge in [-0.3, -0.25) is 9.69 Å². The Kier molecular flexibility index (Phi) is 6.90. The lowest BCUT2D eigenvalue weighted by Crippen LogP contribution is -2.50. The smallest absolute Gasteiger partial charge is 0.243 e. The maximum Gasteiger partial charge on any atom is 0.243 e. The second kappa shape index (κ2) is 10.1. The number of carbonyl (C=O) groups is 1. The third-order valence-corrected chi connectivity index (χ3v) is 9.30. The Morgan fingerprint density at radius 3 is 2.28 bits per heavy atom. The van der Waals surface area contributed by atoms with E-state index in [1.54, 1.807) is 35.6 Å². The highest BCUT2D eigenvalue weighted by Crippen LogP contribution is 2.31. The largest absolute Gasteiger partial charge is 0.325 e. The fourth-order valence-electron chi connectivity index (χ4n) is 4.24. The van der Waals surface area contributed by atoms with E-state index >= 15 is 0 Å². The number of piperazine rings is 1. The van der Waals surface area contributed by atoms with Crippen LogP contribution in [0, 0.1) is 13.8 Å². The zero-order chi connectivity index (χ0) is 25.3. The van der Waals surface area contributed by atoms with E-state index < -0.39 is 10.0 Å². The number of carbonyl (C=O) groups excluding carboxylic acids is 1. The molecule has 1 aliphatic heterocycles. The molecule has 0 unspecified atom stereocenters. The summed E-state index contributed by atoms with van der Waals surface area (Å²) in [4.78, 5) is 19.6. The molecule has 1 fully saturated rings. The predicted octanol–water partition coefficient (Wildman–Crippen LogP) is 4.53. The van der Waals surface area contributed by atoms with Crippen LogP contribution in [0.15, 0.2) is 71.6 Å². The van der Waals surface area contributed by atoms with Crippen LogP contribution in [0.1, 0.15) is 11.1 Å². The van der Waals surface area contributed by atoms with E-state index in [-0.39, 0.29) is 12.5 Å². The molecule has 3 aromatic carbocycles. The number of aryl methyl sites for hydroxylation is 2. The molecular formula is C27H28N4O3S2. The lowest BCUT2D eigenvalue weighted by atomic mass is 10.2. The van der Waals surface area contributed by atoms with Gasteiger partial charge in [0.1, 0.15) is 5.01 Å². The van der Waals surface area contributed by atoms with E-state index in [1.165, 1.54) is 9.87 Å². The highest BCUT2D eigenvalue weighted by molar-refractivity contribution is 7.89. The lowest BCUT2D eigenvalue weighted by molar-refractivity contribution is -0.117. The third-order valence-electron chi connectivity index (χ3n) is 6.32. The molecule has 2 heterocycles. The minimum absolute atomic E-state index is 0.118. The van der Waals surface area contributed by atoms with Gasteiger partial charge in [0.25, 0.3) is 0 Å². The first-order valence-electron chi connectivity index (χ1n) is 11.8. The van der Waals surface area contributed by atoms with Crippen molar-refractivity contribution in [2.45, 2.75) is 18.7 Å². The minimum atomic E-state index is -3.52. The number of rotatable bonds is 6. The summed E-state index contributed by atoms with van der Waals surface area (Å²) in [6.07, 6.45) is 0. The maximum atomic E-state index is 12.9. The number of fused-ring (bicyclic) bond motifs is 1. The average molecular weight is 521 g/mol. The summed E-state index contributed by atoms with van der Waals surface area (Å²) in [5.74, 6) is -0.118. The number of sulfonamides is 1. The number of thiazole rings is 1. The number of benzene rings is 3. The molecule has 0 saturated carbocycles. The van der Waals surface area contributed by atoms with E-state index in [9.17, 15) is 13.2 Å². The van der Waals surface area contributed by atoms with Gasteiger partial charge in [-0.2, -0.15) is 4.31 Å². The van der Waals surface area contributed by atoms with Crippen molar-refractivity contribution >= 4 is 43.2 Å². The van der Waals surface area contributed by atoms with E-state index in [2.05, 4.69) is 24.4 Å². The van der Waals surface area contributed by atoms with Crippen molar-refractivity contribution in [3.8, 4) is 10.6 Å². The maximum absolute atomic E-state index is 12.9. The number of nitrogens with zero attached hydrogens (tertiary/aromatic N) is 3. The predicted molar refractivity (Wildman–Crippen MR) is 145 cm³/mol. The molecule has 1 aliphatic rings. The molecule has 1 aromatic heterocycles. The topological polar surface area (TPSA) is 82.6 Å². The molecule has 36 heavy (non-hydrogen) atoms. The standard InChI is InChI=1S/C27H28N4O3S2/c1-19-3-10-23(11-4-19)36(33,34)31-15-13-30(14-16-31)18-26(32)28-22-8-6-21(7-9-22)27-29-24-12-5-20(2)17-25(24)35-27/h3-12,17H,13-16,18H2,1-2H3,(H,28,32). The van der Waals surface area contributed by atoms with Gasteiger partial charge in [-0.05, 0) is 67.9 Å². The van der Waals surface area contributed by atoms with Crippen molar-refractivity contribution in [1.29, 1.82) is 0 Å². The molecule has 186 valence electrons. The lowest BCUT2D eigenvalue weighted by Gasteiger charge is -2.33. The Morgan fingerprint density at radius 2 is 1.58 bits per heavy atom. The third kappa shape index (κ3) is 5.34. The summed E-state index contributed by atoms with van der Waals surface area (Å²) in [6, 6.07) is 20.9. The molecule has 0 atom stereocenters. The van der Waals surface area contributed by atoms with E-state index in [4.69, 9.17) is 4.98 Å². The Balaban J connectivity index is 1.15. The molecule has 7 nitrogen and oxygen atoms in total. The average Bonchev–Trinajstić information content (AvgIpc) is 3.28. The van der Waals surface area contributed by atoms with Crippen molar-refractivity contribution < 1.29 is 13.2 Å². The summed E-state index contributed by atoms with van der Waals surface area (Å²) >= 11 is 1.66. The Morgan fingerprint density at radius 1 is 0.917 bits per heavy atom. The first-order chi connectivity index (χ1) is 17.3. The zero-order valence-electron chi connectivity index (χ0n) is 20.3. The zero-order valence-corrected chi connectivity index (χ0v) is 21.9. The fraction of sp³-hybridized carbons (Fsp3) is 0.259. The van der Waals surface area contributed by atoms with Crippen molar-refractivity contribution in [3.63, 3.8) is 0 Å². The molecule has 0 bridgehead atoms. The quantitative estimate of drug-likeness (QED) is 0.404. The van der Waals surface area contributed by atoms with Crippen LogP contribution in [0.25, 0.3) is 20.8 Å². The first-order valence-corrected chi connectivity index (χ1v) is 14.1. The highest BCUT2D eigenvalue weighted by atomic mass is 32.2. The SMILES string of the molecule is Cc1ccc(S(=O)(=O)N2CCN(CC(=O)Nc3ccc(-c4nc5ccc(C)cc5s4)cc3)CC2)cc1. The second-order valence-electron chi connectivity index (χ2n) is 9.11. The number of nitrogens with one attached hydrogen (secondary N) is 1. The van der Waals surface area contributed by atoms with Crippen LogP contribution in [0.2, 0.25) is 0 Å². The van der Waals surface area contributed by atoms with Crippen molar-refractivity contribution in [2.75, 3.05) is 38.0 Å². The fourth-order valence-corrected chi connectivity index (χ4v) is 6.73. The Hall–Kier alpha value is -3.11. The summed E-state index contributed by atoms with van der Waals surface area (Å²) in [6.45, 7) is 5.96. The number of hydrogen-bond donors (Lipinski definition) is 1. The van der Waals surface area contributed by atoms with Gasteiger partial charge in [0, 0.05) is 37.4 Å². The molecule has 0 spiro atoms. The van der Waals surface area contributed by atoms with Crippen LogP contribution in [-0.2, 0) is 14.8 Å². The van der Waals surface area contributed by atoms with E-state index in [0.717, 1.165) is 32.0 Å². The van der Waals surface area contributed by atoms with E-state index in [1.807, 2.05) is 42.2 Å². The highest BCUT2D eigenvalue weighted by Gasteiger charge is 2.29. The molecule has 0 aliphatic carbocycles. The number of anilines is 1. The van der Waals surface area contributed by atoms with Crippen LogP contribution in [-0.4, -0.2) is 61.2 Å². The minimum Gasteiger partial charge on any atom is -0.325 e. The molecule has 1 amide bonds. The normalized spacial score (nSPS) is 15.3. The van der Waals surface area contributed by atoms with Crippen molar-refractivity contribution in [2.24, 2.45) is 0 Å². The van der Waals surface area contributed by atoms with Gasteiger partial charge >= 0.3 is 0 Å². The molecule has 1 N–H and O–H groups in total. The van der Waals surface area contributed by atoms with Gasteiger partial charge in [-0.25, -0.2) is 13.4 Å². The molecule has 4 aromatic rings. The van der Waals surface area contributed by atoms with Crippen molar-refractivity contribution in [1.82, 2.24) is 14.2 Å². The van der Waals surface area contributed by atoms with Crippen LogP contribution < -0.4 is 5.32 Å². The summed E-state index contributed by atoms with van der Waals surface area (Å²) in [5.41, 5.74) is 4.96. The van der Waals surface area contributed by atoms with Gasteiger partial charge in [0.05, 0.1) is 21.7 Å². The van der Waals surface area contributed by atoms with Crippen LogP contribution in [0.5, 0.6) is 0 Å². The summed E-state index contributed by atoms with van der Waals surface area (Å²) < 4.78 is 28.4. The summed E-state index contributed by atoms with van der Waals surface area (Å²) in [7, 11) is -3.52. The number of aromatic nitrogens is 1. The first kappa shape index (κ1) is 24.6. The molecular weight excluding hydrogens is 492 g/mol. The van der Waals surface area contributed by atoms with Gasteiger partial charge in [0.15, 0.2) is 0 Å². The van der Waals surface area contributed by atoms with Crippen LogP contribution in [0.4, 0.5) is 5.69 Å². The van der Waals surface area contributed by atoms with Gasteiger partial charge in [-0.15, -0.1) is 11.3 Å². The van der Waals surface area contributed by atoms with Gasteiger partial charge < -0.3 is 5.32 Å². The monoisotopic (exact) mass is 520 g/mol. The van der Waals surface area contributed by atoms with Crippen molar-refractivity contribution in [3.05, 3.63) is 77.9 Å². The molecule has 9 heteroatoms. The molecule has 5 rings (SSSR count). The molecule has 0 radical (unpaired) electrons. The van der Waals surface area contributed by atoms with Crippen LogP contribution >= 0.6 is 11.3 Å².